The van der Waals surface area contributed by atoms with Crippen molar-refractivity contribution in [2.24, 2.45) is 0 Å². The van der Waals surface area contributed by atoms with Crippen LogP contribution in [0.2, 0.25) is 5.02 Å². The van der Waals surface area contributed by atoms with Gasteiger partial charge in [0.1, 0.15) is 5.75 Å². The lowest BCUT2D eigenvalue weighted by Gasteiger charge is -2.12. The number of aliphatic hydroxyl groups is 1. The predicted molar refractivity (Wildman–Crippen MR) is 64.8 cm³/mol. The third-order valence-electron chi connectivity index (χ3n) is 2.11. The molecule has 0 spiro atoms. The Bertz CT molecular complexity index is 397. The maximum Gasteiger partial charge on any atom is 0.306 e. The standard InChI is InChI=1S/C11H14ClNO4/c1-17-8-2-3-10(9(12)5-8)13-6-7(14)4-11(15)16/h2-3,5,7,13-14H,4,6H2,1H3,(H,15,16). The van der Waals surface area contributed by atoms with Gasteiger partial charge in [-0.2, -0.15) is 0 Å². The molecule has 0 saturated heterocycles. The first-order chi connectivity index (χ1) is 8.02. The Morgan fingerprint density at radius 3 is 2.82 bits per heavy atom. The normalized spacial score (nSPS) is 11.9. The van der Waals surface area contributed by atoms with E-state index in [1.54, 1.807) is 18.2 Å². The molecular formula is C11H14ClNO4. The van der Waals surface area contributed by atoms with Gasteiger partial charge in [0.25, 0.3) is 0 Å². The Morgan fingerprint density at radius 1 is 1.59 bits per heavy atom. The number of ether oxygens (including phenoxy) is 1. The molecule has 6 heteroatoms. The summed E-state index contributed by atoms with van der Waals surface area (Å²) in [5, 5.41) is 21.2. The topological polar surface area (TPSA) is 78.8 Å². The number of methoxy groups -OCH3 is 1. The molecule has 0 heterocycles. The number of benzene rings is 1. The fourth-order valence-electron chi connectivity index (χ4n) is 1.27. The number of hydrogen-bond donors (Lipinski definition) is 3. The summed E-state index contributed by atoms with van der Waals surface area (Å²) >= 11 is 5.96. The molecule has 17 heavy (non-hydrogen) atoms. The van der Waals surface area contributed by atoms with Crippen molar-refractivity contribution in [3.05, 3.63) is 23.2 Å². The SMILES string of the molecule is COc1ccc(NCC(O)CC(=O)O)c(Cl)c1. The minimum Gasteiger partial charge on any atom is -0.497 e. The smallest absolute Gasteiger partial charge is 0.306 e. The summed E-state index contributed by atoms with van der Waals surface area (Å²) in [6.07, 6.45) is -1.26. The minimum absolute atomic E-state index is 0.123. The van der Waals surface area contributed by atoms with E-state index in [-0.39, 0.29) is 13.0 Å². The highest BCUT2D eigenvalue weighted by molar-refractivity contribution is 6.33. The Labute approximate surface area is 104 Å². The van der Waals surface area contributed by atoms with Crippen molar-refractivity contribution >= 4 is 23.3 Å². The van der Waals surface area contributed by atoms with Gasteiger partial charge in [0.15, 0.2) is 0 Å². The molecule has 1 rings (SSSR count). The van der Waals surface area contributed by atoms with Crippen LogP contribution < -0.4 is 10.1 Å². The van der Waals surface area contributed by atoms with E-state index in [9.17, 15) is 9.90 Å². The molecule has 0 aliphatic heterocycles. The van der Waals surface area contributed by atoms with Gasteiger partial charge in [0.2, 0.25) is 0 Å². The van der Waals surface area contributed by atoms with E-state index < -0.39 is 12.1 Å². The minimum atomic E-state index is -1.04. The number of aliphatic carboxylic acids is 1. The fourth-order valence-corrected chi connectivity index (χ4v) is 1.51. The Hall–Kier alpha value is -1.46. The summed E-state index contributed by atoms with van der Waals surface area (Å²) in [6.45, 7) is 0.123. The molecule has 0 aliphatic carbocycles. The number of hydrogen-bond acceptors (Lipinski definition) is 4. The van der Waals surface area contributed by atoms with Crippen LogP contribution in [0.4, 0.5) is 5.69 Å². The zero-order chi connectivity index (χ0) is 12.8. The Kier molecular flexibility index (Phi) is 5.06. The van der Waals surface area contributed by atoms with Gasteiger partial charge >= 0.3 is 5.97 Å². The van der Waals surface area contributed by atoms with Gasteiger partial charge in [-0.3, -0.25) is 4.79 Å². The third-order valence-corrected chi connectivity index (χ3v) is 2.43. The van der Waals surface area contributed by atoms with Crippen molar-refractivity contribution in [3.63, 3.8) is 0 Å². The van der Waals surface area contributed by atoms with Crippen molar-refractivity contribution in [2.45, 2.75) is 12.5 Å². The monoisotopic (exact) mass is 259 g/mol. The highest BCUT2D eigenvalue weighted by atomic mass is 35.5. The molecule has 0 saturated carbocycles. The number of rotatable bonds is 6. The van der Waals surface area contributed by atoms with E-state index >= 15 is 0 Å². The molecule has 0 aliphatic rings. The maximum atomic E-state index is 10.3. The Balaban J connectivity index is 2.54. The first-order valence-electron chi connectivity index (χ1n) is 5.00. The average Bonchev–Trinajstić information content (AvgIpc) is 2.26. The summed E-state index contributed by atoms with van der Waals surface area (Å²) in [5.41, 5.74) is 0.622. The van der Waals surface area contributed by atoms with Crippen molar-refractivity contribution in [2.75, 3.05) is 19.0 Å². The quantitative estimate of drug-likeness (QED) is 0.723. The predicted octanol–water partition coefficient (Wildman–Crippen LogP) is 1.60. The van der Waals surface area contributed by atoms with Crippen LogP contribution in [0.25, 0.3) is 0 Å². The number of aliphatic hydroxyl groups excluding tert-OH is 1. The number of carboxylic acids is 1. The lowest BCUT2D eigenvalue weighted by Crippen LogP contribution is -2.22. The average molecular weight is 260 g/mol. The summed E-state index contributed by atoms with van der Waals surface area (Å²) < 4.78 is 4.99. The molecular weight excluding hydrogens is 246 g/mol. The van der Waals surface area contributed by atoms with Crippen LogP contribution in [-0.4, -0.2) is 35.9 Å². The zero-order valence-corrected chi connectivity index (χ0v) is 10.1. The molecule has 0 fully saturated rings. The molecule has 0 radical (unpaired) electrons. The maximum absolute atomic E-state index is 10.3. The van der Waals surface area contributed by atoms with Crippen molar-refractivity contribution < 1.29 is 19.7 Å². The van der Waals surface area contributed by atoms with Crippen molar-refractivity contribution in [3.8, 4) is 5.75 Å². The highest BCUT2D eigenvalue weighted by Crippen LogP contribution is 2.26. The lowest BCUT2D eigenvalue weighted by molar-refractivity contribution is -0.138. The zero-order valence-electron chi connectivity index (χ0n) is 9.31. The summed E-state index contributed by atoms with van der Waals surface area (Å²) in [7, 11) is 1.54. The molecule has 0 aromatic heterocycles. The van der Waals surface area contributed by atoms with Gasteiger partial charge in [-0.25, -0.2) is 0 Å². The molecule has 1 aromatic rings. The van der Waals surface area contributed by atoms with Crippen molar-refractivity contribution in [1.82, 2.24) is 0 Å². The van der Waals surface area contributed by atoms with Crippen LogP contribution in [0.5, 0.6) is 5.75 Å². The van der Waals surface area contributed by atoms with Crippen LogP contribution >= 0.6 is 11.6 Å². The molecule has 5 nitrogen and oxygen atoms in total. The van der Waals surface area contributed by atoms with E-state index in [2.05, 4.69) is 5.32 Å². The fraction of sp³-hybridized carbons (Fsp3) is 0.364. The molecule has 0 amide bonds. The number of carboxylic acid groups (broad SMARTS) is 1. The molecule has 0 bridgehead atoms. The molecule has 1 unspecified atom stereocenters. The number of nitrogens with one attached hydrogen (secondary N) is 1. The summed E-state index contributed by atoms with van der Waals surface area (Å²) in [5.74, 6) is -0.410. The van der Waals surface area contributed by atoms with E-state index in [0.29, 0.717) is 16.5 Å². The largest absolute Gasteiger partial charge is 0.497 e. The van der Waals surface area contributed by atoms with Crippen LogP contribution in [0, 0.1) is 0 Å². The molecule has 94 valence electrons. The van der Waals surface area contributed by atoms with Crippen LogP contribution in [0.1, 0.15) is 6.42 Å². The van der Waals surface area contributed by atoms with Crippen molar-refractivity contribution in [1.29, 1.82) is 0 Å². The van der Waals surface area contributed by atoms with Gasteiger partial charge in [-0.05, 0) is 12.1 Å². The lowest BCUT2D eigenvalue weighted by atomic mass is 10.2. The second-order valence-corrected chi connectivity index (χ2v) is 3.89. The molecule has 3 N–H and O–H groups in total. The van der Waals surface area contributed by atoms with Gasteiger partial charge in [0, 0.05) is 12.6 Å². The second kappa shape index (κ2) is 6.32. The summed E-state index contributed by atoms with van der Waals surface area (Å²) in [6, 6.07) is 5.06. The van der Waals surface area contributed by atoms with E-state index in [4.69, 9.17) is 21.4 Å². The van der Waals surface area contributed by atoms with Gasteiger partial charge < -0.3 is 20.3 Å². The first kappa shape index (κ1) is 13.6. The van der Waals surface area contributed by atoms with Gasteiger partial charge in [-0.1, -0.05) is 11.6 Å². The second-order valence-electron chi connectivity index (χ2n) is 3.48. The van der Waals surface area contributed by atoms with Crippen LogP contribution in [-0.2, 0) is 4.79 Å². The third kappa shape index (κ3) is 4.50. The van der Waals surface area contributed by atoms with E-state index in [1.165, 1.54) is 7.11 Å². The number of carbonyl (C=O) groups is 1. The highest BCUT2D eigenvalue weighted by Gasteiger charge is 2.10. The summed E-state index contributed by atoms with van der Waals surface area (Å²) in [4.78, 5) is 10.3. The van der Waals surface area contributed by atoms with Crippen LogP contribution in [0.15, 0.2) is 18.2 Å². The molecule has 1 aromatic carbocycles. The van der Waals surface area contributed by atoms with Gasteiger partial charge in [-0.15, -0.1) is 0 Å². The van der Waals surface area contributed by atoms with Gasteiger partial charge in [0.05, 0.1) is 30.3 Å². The number of halogens is 1. The van der Waals surface area contributed by atoms with E-state index in [0.717, 1.165) is 0 Å². The number of anilines is 1. The van der Waals surface area contributed by atoms with Crippen LogP contribution in [0.3, 0.4) is 0 Å². The van der Waals surface area contributed by atoms with E-state index in [1.807, 2.05) is 0 Å². The Morgan fingerprint density at radius 2 is 2.29 bits per heavy atom. The first-order valence-corrected chi connectivity index (χ1v) is 5.38. The molecule has 1 atom stereocenters.